The fourth-order valence-electron chi connectivity index (χ4n) is 4.42. The van der Waals surface area contributed by atoms with Gasteiger partial charge in [0.25, 0.3) is 5.91 Å². The Hall–Kier alpha value is -1.06. The van der Waals surface area contributed by atoms with Crippen LogP contribution in [0.5, 0.6) is 0 Å². The number of hydrogen-bond acceptors (Lipinski definition) is 2. The van der Waals surface area contributed by atoms with Crippen LogP contribution in [0.25, 0.3) is 0 Å². The Bertz CT molecular complexity index is 548. The Balaban J connectivity index is 0.00000261. The molecule has 3 nitrogen and oxygen atoms in total. The van der Waals surface area contributed by atoms with Crippen molar-refractivity contribution >= 4 is 18.3 Å². The summed E-state index contributed by atoms with van der Waals surface area (Å²) >= 11 is 0. The normalized spacial score (nSPS) is 21.1. The third-order valence-corrected chi connectivity index (χ3v) is 6.02. The van der Waals surface area contributed by atoms with Crippen LogP contribution in [0.4, 0.5) is 0 Å². The quantitative estimate of drug-likeness (QED) is 0.543. The Morgan fingerprint density at radius 3 is 2.07 bits per heavy atom. The van der Waals surface area contributed by atoms with Gasteiger partial charge in [0.2, 0.25) is 0 Å². The van der Waals surface area contributed by atoms with Crippen LogP contribution in [0.3, 0.4) is 0 Å². The smallest absolute Gasteiger partial charge is 0.253 e. The minimum atomic E-state index is 0. The second kappa shape index (κ2) is 11.7. The fraction of sp³-hybridized carbons (Fsp3) is 0.696. The number of nitrogens with one attached hydrogen (secondary N) is 1. The zero-order chi connectivity index (χ0) is 18.2. The largest absolute Gasteiger partial charge is 0.336 e. The topological polar surface area (TPSA) is 32.3 Å². The first-order valence-corrected chi connectivity index (χ1v) is 10.9. The number of amides is 1. The third-order valence-electron chi connectivity index (χ3n) is 6.02. The SMILES string of the molecule is CCCCCCCCCCc1ccc(C(=O)N2CC3CCC(C2)N3)cc1.Cl. The molecule has 1 amide bonds. The molecule has 152 valence electrons. The van der Waals surface area contributed by atoms with Gasteiger partial charge in [-0.05, 0) is 43.4 Å². The number of likely N-dealkylation sites (tertiary alicyclic amines) is 1. The maximum atomic E-state index is 12.7. The first-order valence-electron chi connectivity index (χ1n) is 10.9. The molecule has 2 heterocycles. The molecule has 2 bridgehead atoms. The minimum absolute atomic E-state index is 0. The standard InChI is InChI=1S/C23H36N2O.ClH/c1-2-3-4-5-6-7-8-9-10-19-11-13-20(14-12-19)23(26)25-17-21-15-16-22(18-25)24-21;/h11-14,21-22,24H,2-10,15-18H2,1H3;1H. The van der Waals surface area contributed by atoms with Crippen LogP contribution in [0.15, 0.2) is 24.3 Å². The van der Waals surface area contributed by atoms with Crippen molar-refractivity contribution in [3.63, 3.8) is 0 Å². The summed E-state index contributed by atoms with van der Waals surface area (Å²) in [5.41, 5.74) is 2.22. The molecule has 3 rings (SSSR count). The number of halogens is 1. The maximum Gasteiger partial charge on any atom is 0.253 e. The summed E-state index contributed by atoms with van der Waals surface area (Å²) in [6.07, 6.45) is 14.4. The maximum absolute atomic E-state index is 12.7. The Morgan fingerprint density at radius 2 is 1.48 bits per heavy atom. The summed E-state index contributed by atoms with van der Waals surface area (Å²) in [6.45, 7) is 4.01. The van der Waals surface area contributed by atoms with E-state index in [1.807, 2.05) is 17.0 Å². The molecule has 0 spiro atoms. The van der Waals surface area contributed by atoms with E-state index >= 15 is 0 Å². The summed E-state index contributed by atoms with van der Waals surface area (Å²) < 4.78 is 0. The zero-order valence-corrected chi connectivity index (χ0v) is 17.7. The van der Waals surface area contributed by atoms with E-state index in [1.165, 1.54) is 69.8 Å². The lowest BCUT2D eigenvalue weighted by molar-refractivity contribution is 0.0697. The second-order valence-corrected chi connectivity index (χ2v) is 8.27. The van der Waals surface area contributed by atoms with E-state index in [4.69, 9.17) is 0 Å². The molecule has 4 heteroatoms. The Kier molecular flexibility index (Phi) is 9.64. The van der Waals surface area contributed by atoms with Gasteiger partial charge in [-0.2, -0.15) is 0 Å². The van der Waals surface area contributed by atoms with E-state index in [1.54, 1.807) is 0 Å². The number of fused-ring (bicyclic) bond motifs is 2. The summed E-state index contributed by atoms with van der Waals surface area (Å²) in [5, 5.41) is 3.59. The number of aryl methyl sites for hydroxylation is 1. The van der Waals surface area contributed by atoms with Gasteiger partial charge in [0.1, 0.15) is 0 Å². The van der Waals surface area contributed by atoms with Crippen molar-refractivity contribution in [3.8, 4) is 0 Å². The molecule has 2 aliphatic rings. The summed E-state index contributed by atoms with van der Waals surface area (Å²) in [5.74, 6) is 0.210. The minimum Gasteiger partial charge on any atom is -0.336 e. The van der Waals surface area contributed by atoms with E-state index in [2.05, 4.69) is 24.4 Å². The molecule has 1 aromatic rings. The molecule has 2 fully saturated rings. The number of carbonyl (C=O) groups excluding carboxylic acids is 1. The van der Waals surface area contributed by atoms with Gasteiger partial charge in [0.05, 0.1) is 0 Å². The number of unbranched alkanes of at least 4 members (excludes halogenated alkanes) is 7. The van der Waals surface area contributed by atoms with Crippen molar-refractivity contribution in [3.05, 3.63) is 35.4 Å². The number of piperazine rings is 1. The van der Waals surface area contributed by atoms with Crippen LogP contribution in [-0.4, -0.2) is 36.0 Å². The van der Waals surface area contributed by atoms with E-state index in [0.717, 1.165) is 25.1 Å². The van der Waals surface area contributed by atoms with Crippen molar-refractivity contribution in [1.82, 2.24) is 10.2 Å². The van der Waals surface area contributed by atoms with Crippen LogP contribution in [0.1, 0.15) is 87.1 Å². The monoisotopic (exact) mass is 392 g/mol. The van der Waals surface area contributed by atoms with E-state index in [9.17, 15) is 4.79 Å². The molecule has 0 saturated carbocycles. The molecular weight excluding hydrogens is 356 g/mol. The average molecular weight is 393 g/mol. The summed E-state index contributed by atoms with van der Waals surface area (Å²) in [6, 6.07) is 9.41. The van der Waals surface area contributed by atoms with Crippen LogP contribution < -0.4 is 5.32 Å². The van der Waals surface area contributed by atoms with Crippen molar-refractivity contribution in [2.75, 3.05) is 13.1 Å². The predicted molar refractivity (Wildman–Crippen MR) is 116 cm³/mol. The van der Waals surface area contributed by atoms with Gasteiger partial charge in [-0.3, -0.25) is 4.79 Å². The lowest BCUT2D eigenvalue weighted by atomic mass is 10.0. The fourth-order valence-corrected chi connectivity index (χ4v) is 4.42. The van der Waals surface area contributed by atoms with Crippen LogP contribution in [0, 0.1) is 0 Å². The van der Waals surface area contributed by atoms with Gasteiger partial charge < -0.3 is 10.2 Å². The summed E-state index contributed by atoms with van der Waals surface area (Å²) in [4.78, 5) is 14.8. The highest BCUT2D eigenvalue weighted by molar-refractivity contribution is 5.94. The van der Waals surface area contributed by atoms with E-state index in [-0.39, 0.29) is 18.3 Å². The molecule has 0 aliphatic carbocycles. The molecule has 0 radical (unpaired) electrons. The molecule has 1 aromatic carbocycles. The van der Waals surface area contributed by atoms with Crippen molar-refractivity contribution in [1.29, 1.82) is 0 Å². The highest BCUT2D eigenvalue weighted by atomic mass is 35.5. The van der Waals surface area contributed by atoms with Gasteiger partial charge in [0, 0.05) is 30.7 Å². The molecule has 0 aromatic heterocycles. The lowest BCUT2D eigenvalue weighted by Gasteiger charge is -2.33. The summed E-state index contributed by atoms with van der Waals surface area (Å²) in [7, 11) is 0. The molecule has 2 atom stereocenters. The van der Waals surface area contributed by atoms with Crippen molar-refractivity contribution < 1.29 is 4.79 Å². The zero-order valence-electron chi connectivity index (χ0n) is 16.9. The van der Waals surface area contributed by atoms with Gasteiger partial charge in [-0.25, -0.2) is 0 Å². The van der Waals surface area contributed by atoms with Crippen LogP contribution >= 0.6 is 12.4 Å². The highest BCUT2D eigenvalue weighted by Gasteiger charge is 2.34. The number of carbonyl (C=O) groups is 1. The van der Waals surface area contributed by atoms with E-state index < -0.39 is 0 Å². The van der Waals surface area contributed by atoms with E-state index in [0.29, 0.717) is 12.1 Å². The second-order valence-electron chi connectivity index (χ2n) is 8.27. The number of hydrogen-bond donors (Lipinski definition) is 1. The molecule has 2 saturated heterocycles. The van der Waals surface area contributed by atoms with Gasteiger partial charge in [0.15, 0.2) is 0 Å². The van der Waals surface area contributed by atoms with Gasteiger partial charge >= 0.3 is 0 Å². The van der Waals surface area contributed by atoms with Crippen LogP contribution in [-0.2, 0) is 6.42 Å². The van der Waals surface area contributed by atoms with Crippen LogP contribution in [0.2, 0.25) is 0 Å². The first kappa shape index (κ1) is 22.2. The number of nitrogens with zero attached hydrogens (tertiary/aromatic N) is 1. The third kappa shape index (κ3) is 6.80. The lowest BCUT2D eigenvalue weighted by Crippen LogP contribution is -2.53. The molecule has 27 heavy (non-hydrogen) atoms. The van der Waals surface area contributed by atoms with Gasteiger partial charge in [-0.1, -0.05) is 64.0 Å². The first-order chi connectivity index (χ1) is 12.8. The number of benzene rings is 1. The van der Waals surface area contributed by atoms with Crippen molar-refractivity contribution in [2.24, 2.45) is 0 Å². The molecular formula is C23H37ClN2O. The molecule has 2 unspecified atom stereocenters. The predicted octanol–water partition coefficient (Wildman–Crippen LogP) is 5.37. The number of rotatable bonds is 10. The van der Waals surface area contributed by atoms with Crippen molar-refractivity contribution in [2.45, 2.75) is 89.6 Å². The average Bonchev–Trinajstić information content (AvgIpc) is 3.01. The van der Waals surface area contributed by atoms with Gasteiger partial charge in [-0.15, -0.1) is 12.4 Å². The Morgan fingerprint density at radius 1 is 0.926 bits per heavy atom. The molecule has 1 N–H and O–H groups in total. The highest BCUT2D eigenvalue weighted by Crippen LogP contribution is 2.22. The molecule has 2 aliphatic heterocycles. The Labute approximate surface area is 171 Å².